The van der Waals surface area contributed by atoms with Crippen LogP contribution in [0.1, 0.15) is 34.1 Å². The Hall–Kier alpha value is -1.47. The van der Waals surface area contributed by atoms with E-state index in [2.05, 4.69) is 24.8 Å². The second kappa shape index (κ2) is 7.59. The van der Waals surface area contributed by atoms with E-state index >= 15 is 0 Å². The molecule has 0 aromatic heterocycles. The van der Waals surface area contributed by atoms with Crippen LogP contribution >= 0.6 is 0 Å². The van der Waals surface area contributed by atoms with Crippen LogP contribution in [0.4, 0.5) is 0 Å². The highest BCUT2D eigenvalue weighted by atomic mass is 16.5. The van der Waals surface area contributed by atoms with E-state index in [4.69, 9.17) is 14.2 Å². The highest BCUT2D eigenvalue weighted by Gasteiger charge is 2.68. The molecule has 0 aromatic carbocycles. The van der Waals surface area contributed by atoms with Gasteiger partial charge in [-0.2, -0.15) is 0 Å². The molecular formula is C24H34O6. The Morgan fingerprint density at radius 2 is 2.03 bits per heavy atom. The fourth-order valence-corrected chi connectivity index (χ4v) is 6.28. The first-order chi connectivity index (χ1) is 14.1. The van der Waals surface area contributed by atoms with Crippen LogP contribution < -0.4 is 0 Å². The zero-order chi connectivity index (χ0) is 22.0. The number of rotatable bonds is 2. The van der Waals surface area contributed by atoms with Gasteiger partial charge in [-0.1, -0.05) is 38.7 Å². The lowest BCUT2D eigenvalue weighted by molar-refractivity contribution is -0.139. The van der Waals surface area contributed by atoms with Crippen molar-refractivity contribution in [3.05, 3.63) is 36.1 Å². The van der Waals surface area contributed by atoms with E-state index in [0.717, 1.165) is 5.57 Å². The Morgan fingerprint density at radius 1 is 1.33 bits per heavy atom. The Balaban J connectivity index is 1.87. The Kier molecular flexibility index (Phi) is 5.50. The predicted octanol–water partition coefficient (Wildman–Crippen LogP) is 2.40. The van der Waals surface area contributed by atoms with Gasteiger partial charge in [-0.3, -0.25) is 4.79 Å². The normalized spacial score (nSPS) is 50.9. The summed E-state index contributed by atoms with van der Waals surface area (Å²) >= 11 is 0. The molecule has 2 heterocycles. The van der Waals surface area contributed by atoms with Crippen molar-refractivity contribution in [3.8, 4) is 0 Å². The molecule has 4 rings (SSSR count). The third kappa shape index (κ3) is 2.95. The zero-order valence-corrected chi connectivity index (χ0v) is 18.4. The first kappa shape index (κ1) is 21.8. The molecule has 2 fully saturated rings. The summed E-state index contributed by atoms with van der Waals surface area (Å²) in [6.45, 7) is 11.6. The van der Waals surface area contributed by atoms with Gasteiger partial charge in [0, 0.05) is 36.7 Å². The maximum Gasteiger partial charge on any atom is 0.167 e. The fourth-order valence-electron chi connectivity index (χ4n) is 6.28. The van der Waals surface area contributed by atoms with Gasteiger partial charge in [0.2, 0.25) is 0 Å². The minimum absolute atomic E-state index is 0.0261. The van der Waals surface area contributed by atoms with Gasteiger partial charge in [0.05, 0.1) is 12.2 Å². The number of ketones is 1. The molecule has 1 saturated carbocycles. The zero-order valence-electron chi connectivity index (χ0n) is 18.4. The van der Waals surface area contributed by atoms with E-state index in [1.54, 1.807) is 21.0 Å². The van der Waals surface area contributed by atoms with E-state index in [1.807, 2.05) is 13.8 Å². The standard InChI is InChI=1S/C24H34O6/c1-11-9-12(2)24-16(10-18(28-6)15(5)29-22(11)14(4)25)7-8-17-19(24)20(26)13(3)21(27)23(17)30-24/h7-9,11,13-14,16-20,22-23,25-26H,5,10H2,1-4,6H3/b12-9+/t11-,13-,14-,16-,17-,18+,19+,20-,22+,23-,24+/m1/s1. The first-order valence-electron chi connectivity index (χ1n) is 11.0. The van der Waals surface area contributed by atoms with Gasteiger partial charge in [0.15, 0.2) is 5.78 Å². The summed E-state index contributed by atoms with van der Waals surface area (Å²) in [7, 11) is 1.62. The van der Waals surface area contributed by atoms with Crippen molar-refractivity contribution in [1.29, 1.82) is 0 Å². The van der Waals surface area contributed by atoms with Crippen molar-refractivity contribution in [3.63, 3.8) is 0 Å². The van der Waals surface area contributed by atoms with E-state index in [9.17, 15) is 15.0 Å². The average Bonchev–Trinajstić information content (AvgIpc) is 2.91. The summed E-state index contributed by atoms with van der Waals surface area (Å²) in [4.78, 5) is 12.9. The van der Waals surface area contributed by atoms with Gasteiger partial charge in [0.25, 0.3) is 0 Å². The summed E-state index contributed by atoms with van der Waals surface area (Å²) in [6.07, 6.45) is 3.88. The Labute approximate surface area is 178 Å². The third-order valence-corrected chi connectivity index (χ3v) is 7.83. The van der Waals surface area contributed by atoms with Crippen LogP contribution in [-0.2, 0) is 19.0 Å². The lowest BCUT2D eigenvalue weighted by Crippen LogP contribution is -2.55. The topological polar surface area (TPSA) is 85.2 Å². The van der Waals surface area contributed by atoms with Gasteiger partial charge < -0.3 is 24.4 Å². The largest absolute Gasteiger partial charge is 0.489 e. The maximum atomic E-state index is 12.9. The van der Waals surface area contributed by atoms with Gasteiger partial charge in [-0.15, -0.1) is 0 Å². The Bertz CT molecular complexity index is 785. The van der Waals surface area contributed by atoms with Crippen LogP contribution in [0.15, 0.2) is 36.1 Å². The molecule has 4 aliphatic rings. The molecule has 1 saturated heterocycles. The summed E-state index contributed by atoms with van der Waals surface area (Å²) in [5, 5.41) is 21.5. The molecule has 166 valence electrons. The molecule has 6 heteroatoms. The number of aliphatic hydroxyl groups excluding tert-OH is 2. The maximum absolute atomic E-state index is 12.9. The molecule has 30 heavy (non-hydrogen) atoms. The lowest BCUT2D eigenvalue weighted by atomic mass is 9.57. The van der Waals surface area contributed by atoms with Crippen molar-refractivity contribution in [1.82, 2.24) is 0 Å². The first-order valence-corrected chi connectivity index (χ1v) is 11.0. The number of methoxy groups -OCH3 is 1. The summed E-state index contributed by atoms with van der Waals surface area (Å²) in [6, 6.07) is 0. The van der Waals surface area contributed by atoms with Gasteiger partial charge in [-0.05, 0) is 25.8 Å². The van der Waals surface area contributed by atoms with E-state index in [0.29, 0.717) is 12.2 Å². The third-order valence-electron chi connectivity index (χ3n) is 7.83. The molecular weight excluding hydrogens is 384 g/mol. The molecule has 0 unspecified atom stereocenters. The summed E-state index contributed by atoms with van der Waals surface area (Å²) in [5.41, 5.74) is 0.176. The fraction of sp³-hybridized carbons (Fsp3) is 0.708. The van der Waals surface area contributed by atoms with Crippen LogP contribution in [0.5, 0.6) is 0 Å². The van der Waals surface area contributed by atoms with Crippen molar-refractivity contribution < 1.29 is 29.2 Å². The number of hydrogen-bond acceptors (Lipinski definition) is 6. The second-order valence-corrected chi connectivity index (χ2v) is 9.57. The van der Waals surface area contributed by atoms with Crippen molar-refractivity contribution in [2.24, 2.45) is 29.6 Å². The molecule has 6 nitrogen and oxygen atoms in total. The molecule has 0 amide bonds. The van der Waals surface area contributed by atoms with Crippen LogP contribution in [0.3, 0.4) is 0 Å². The van der Waals surface area contributed by atoms with Gasteiger partial charge in [0.1, 0.15) is 29.7 Å². The molecule has 2 aliphatic heterocycles. The molecule has 2 N–H and O–H groups in total. The van der Waals surface area contributed by atoms with Crippen LogP contribution in [0, 0.1) is 29.6 Å². The minimum Gasteiger partial charge on any atom is -0.489 e. The molecule has 0 radical (unpaired) electrons. The number of ether oxygens (including phenoxy) is 3. The van der Waals surface area contributed by atoms with E-state index in [1.165, 1.54) is 0 Å². The Morgan fingerprint density at radius 3 is 2.67 bits per heavy atom. The van der Waals surface area contributed by atoms with E-state index < -0.39 is 42.0 Å². The van der Waals surface area contributed by atoms with E-state index in [-0.39, 0.29) is 29.5 Å². The quantitative estimate of drug-likeness (QED) is 0.670. The molecule has 2 aliphatic carbocycles. The molecule has 11 atom stereocenters. The number of carbonyl (C=O) groups excluding carboxylic acids is 1. The molecule has 1 spiro atoms. The second-order valence-electron chi connectivity index (χ2n) is 9.57. The van der Waals surface area contributed by atoms with Crippen molar-refractivity contribution in [2.45, 2.75) is 70.2 Å². The average molecular weight is 419 g/mol. The molecule has 4 bridgehead atoms. The number of carbonyl (C=O) groups is 1. The van der Waals surface area contributed by atoms with Gasteiger partial charge >= 0.3 is 0 Å². The van der Waals surface area contributed by atoms with Crippen LogP contribution in [0.2, 0.25) is 0 Å². The highest BCUT2D eigenvalue weighted by molar-refractivity contribution is 5.88. The summed E-state index contributed by atoms with van der Waals surface area (Å²) < 4.78 is 18.4. The van der Waals surface area contributed by atoms with Crippen molar-refractivity contribution in [2.75, 3.05) is 7.11 Å². The van der Waals surface area contributed by atoms with Crippen LogP contribution in [0.25, 0.3) is 0 Å². The smallest absolute Gasteiger partial charge is 0.167 e. The van der Waals surface area contributed by atoms with Crippen molar-refractivity contribution >= 4 is 5.78 Å². The number of Topliss-reactive ketones (excluding diaryl/α,β-unsaturated/α-hetero) is 1. The van der Waals surface area contributed by atoms with Gasteiger partial charge in [-0.25, -0.2) is 0 Å². The highest BCUT2D eigenvalue weighted by Crippen LogP contribution is 2.60. The lowest BCUT2D eigenvalue weighted by Gasteiger charge is -2.48. The SMILES string of the molecule is C=C1O[C@H]([C@@H](C)O)[C@H](C)/C=C(\C)[C@@]23O[C@H]4C(=O)[C@H](C)[C@@H](O)[C@@H]2[C@H]4C=C[C@@H]3C[C@@H]1OC. The van der Waals surface area contributed by atoms with Crippen LogP contribution in [-0.4, -0.2) is 59.2 Å². The minimum atomic E-state index is -0.796. The number of hydrogen-bond donors (Lipinski definition) is 2. The number of aliphatic hydroxyl groups is 2. The molecule has 0 aromatic rings. The monoisotopic (exact) mass is 418 g/mol. The summed E-state index contributed by atoms with van der Waals surface area (Å²) in [5.74, 6) is -0.578. The predicted molar refractivity (Wildman–Crippen MR) is 111 cm³/mol.